The van der Waals surface area contributed by atoms with Crippen LogP contribution in [0.5, 0.6) is 0 Å². The van der Waals surface area contributed by atoms with Crippen molar-refractivity contribution in [3.63, 3.8) is 0 Å². The summed E-state index contributed by atoms with van der Waals surface area (Å²) in [6.07, 6.45) is 2.61. The Morgan fingerprint density at radius 2 is 1.79 bits per heavy atom. The fourth-order valence-corrected chi connectivity index (χ4v) is 8.71. The molecular weight excluding hydrogens is 568 g/mol. The molecule has 2 fully saturated rings. The number of likely N-dealkylation sites (tertiary alicyclic amines) is 2. The first-order valence-electron chi connectivity index (χ1n) is 12.7. The smallest absolute Gasteiger partial charge is 0.250 e. The van der Waals surface area contributed by atoms with E-state index in [9.17, 15) is 22.8 Å². The Hall–Kier alpha value is -1.99. The van der Waals surface area contributed by atoms with E-state index in [4.69, 9.17) is 11.6 Å². The van der Waals surface area contributed by atoms with Gasteiger partial charge in [-0.05, 0) is 63.8 Å². The second-order valence-electron chi connectivity index (χ2n) is 9.95. The molecule has 0 unspecified atom stereocenters. The molecule has 2 saturated heterocycles. The van der Waals surface area contributed by atoms with Crippen LogP contribution in [-0.4, -0.2) is 85.1 Å². The summed E-state index contributed by atoms with van der Waals surface area (Å²) >= 11 is 8.49. The van der Waals surface area contributed by atoms with Crippen molar-refractivity contribution in [2.45, 2.75) is 68.8 Å². The lowest BCUT2D eigenvalue weighted by Crippen LogP contribution is -2.55. The summed E-state index contributed by atoms with van der Waals surface area (Å²) in [5.41, 5.74) is 0. The van der Waals surface area contributed by atoms with Crippen molar-refractivity contribution in [2.75, 3.05) is 26.2 Å². The maximum absolute atomic E-state index is 13.2. The van der Waals surface area contributed by atoms with E-state index in [0.29, 0.717) is 36.8 Å². The molecule has 9 nitrogen and oxygen atoms in total. The second-order valence-corrected chi connectivity index (χ2v) is 14.7. The van der Waals surface area contributed by atoms with Gasteiger partial charge in [0.05, 0.1) is 10.9 Å². The summed E-state index contributed by atoms with van der Waals surface area (Å²) in [7, 11) is -3.92. The van der Waals surface area contributed by atoms with E-state index in [1.54, 1.807) is 21.9 Å². The maximum Gasteiger partial charge on any atom is 0.250 e. The van der Waals surface area contributed by atoms with Crippen LogP contribution in [0, 0.1) is 0 Å². The lowest BCUT2D eigenvalue weighted by Gasteiger charge is -2.36. The summed E-state index contributed by atoms with van der Waals surface area (Å²) < 4.78 is 29.5. The highest BCUT2D eigenvalue weighted by Gasteiger charge is 2.37. The molecule has 3 amide bonds. The summed E-state index contributed by atoms with van der Waals surface area (Å²) in [5.74, 6) is -0.593. The second kappa shape index (κ2) is 12.0. The molecule has 0 radical (unpaired) electrons. The van der Waals surface area contributed by atoms with Crippen molar-refractivity contribution in [3.05, 3.63) is 28.6 Å². The number of hydrogen-bond acceptors (Lipinski definition) is 7. The number of piperidine rings is 1. The van der Waals surface area contributed by atoms with Crippen LogP contribution in [0.4, 0.5) is 0 Å². The van der Waals surface area contributed by atoms with Crippen LogP contribution < -0.4 is 4.72 Å². The van der Waals surface area contributed by atoms with Crippen molar-refractivity contribution in [1.82, 2.24) is 19.4 Å². The molecule has 2 aromatic rings. The standard InChI is InChI=1S/C25H33ClN4O5S3/c1-16(2)30(17(3)31)14-18-6-4-13-29(18)23(32)15-28-12-5-7-19(25(28)33)27-38(34,35)24-11-9-21(37-24)20-8-10-22(26)36-20/h8-11,16,18-19,27H,4-7,12-15H2,1-3H3/t18-,19-/m0/s1. The van der Waals surface area contributed by atoms with Crippen LogP contribution in [0.25, 0.3) is 9.75 Å². The van der Waals surface area contributed by atoms with Crippen LogP contribution in [0.1, 0.15) is 46.5 Å². The largest absolute Gasteiger partial charge is 0.338 e. The van der Waals surface area contributed by atoms with Crippen molar-refractivity contribution < 1.29 is 22.8 Å². The molecule has 0 spiro atoms. The van der Waals surface area contributed by atoms with Gasteiger partial charge in [0.25, 0.3) is 10.0 Å². The lowest BCUT2D eigenvalue weighted by molar-refractivity contribution is -0.144. The number of amides is 3. The van der Waals surface area contributed by atoms with E-state index < -0.39 is 22.0 Å². The van der Waals surface area contributed by atoms with Gasteiger partial charge in [-0.3, -0.25) is 14.4 Å². The van der Waals surface area contributed by atoms with Crippen LogP contribution >= 0.6 is 34.3 Å². The molecule has 0 aliphatic carbocycles. The number of carbonyl (C=O) groups excluding carboxylic acids is 3. The van der Waals surface area contributed by atoms with Gasteiger partial charge in [0.1, 0.15) is 10.3 Å². The van der Waals surface area contributed by atoms with Gasteiger partial charge in [0, 0.05) is 48.4 Å². The highest BCUT2D eigenvalue weighted by atomic mass is 35.5. The first kappa shape index (κ1) is 29.0. The van der Waals surface area contributed by atoms with Gasteiger partial charge in [-0.25, -0.2) is 8.42 Å². The highest BCUT2D eigenvalue weighted by Crippen LogP contribution is 2.37. The molecule has 2 aromatic heterocycles. The summed E-state index contributed by atoms with van der Waals surface area (Å²) in [4.78, 5) is 45.1. The predicted molar refractivity (Wildman–Crippen MR) is 150 cm³/mol. The number of nitrogens with one attached hydrogen (secondary N) is 1. The molecule has 2 aliphatic heterocycles. The van der Waals surface area contributed by atoms with Crippen LogP contribution in [-0.2, 0) is 24.4 Å². The van der Waals surface area contributed by atoms with E-state index in [1.807, 2.05) is 19.9 Å². The summed E-state index contributed by atoms with van der Waals surface area (Å²) in [6.45, 7) is 6.78. The first-order chi connectivity index (χ1) is 18.0. The predicted octanol–water partition coefficient (Wildman–Crippen LogP) is 3.65. The zero-order valence-corrected chi connectivity index (χ0v) is 24.9. The number of thiophene rings is 2. The molecule has 1 N–H and O–H groups in total. The van der Waals surface area contributed by atoms with E-state index in [2.05, 4.69) is 4.72 Å². The third kappa shape index (κ3) is 6.59. The zero-order valence-electron chi connectivity index (χ0n) is 21.7. The number of halogens is 1. The van der Waals surface area contributed by atoms with E-state index >= 15 is 0 Å². The average Bonchev–Trinajstić information content (AvgIpc) is 3.60. The maximum atomic E-state index is 13.2. The van der Waals surface area contributed by atoms with E-state index in [1.165, 1.54) is 29.2 Å². The van der Waals surface area contributed by atoms with E-state index in [-0.39, 0.29) is 34.7 Å². The zero-order chi connectivity index (χ0) is 27.6. The Bertz CT molecular complexity index is 1290. The Balaban J connectivity index is 1.39. The van der Waals surface area contributed by atoms with Crippen LogP contribution in [0.15, 0.2) is 28.5 Å². The SMILES string of the molecule is CC(=O)N(C[C@@H]1CCCN1C(=O)CN1CCC[C@H](NS(=O)(=O)c2ccc(-c3ccc(Cl)s3)s2)C1=O)C(C)C. The van der Waals surface area contributed by atoms with Gasteiger partial charge in [0.2, 0.25) is 17.7 Å². The minimum absolute atomic E-state index is 0.0299. The van der Waals surface area contributed by atoms with Crippen molar-refractivity contribution in [1.29, 1.82) is 0 Å². The topological polar surface area (TPSA) is 107 Å². The molecule has 0 aromatic carbocycles. The fraction of sp³-hybridized carbons (Fsp3) is 0.560. The number of hydrogen-bond donors (Lipinski definition) is 1. The van der Waals surface area contributed by atoms with E-state index in [0.717, 1.165) is 33.9 Å². The average molecular weight is 601 g/mol. The van der Waals surface area contributed by atoms with Crippen molar-refractivity contribution in [2.24, 2.45) is 0 Å². The molecule has 0 saturated carbocycles. The third-order valence-electron chi connectivity index (χ3n) is 6.95. The Morgan fingerprint density at radius 1 is 1.11 bits per heavy atom. The van der Waals surface area contributed by atoms with Gasteiger partial charge in [0.15, 0.2) is 0 Å². The Labute approximate surface area is 236 Å². The molecule has 4 rings (SSSR count). The molecule has 38 heavy (non-hydrogen) atoms. The number of sulfonamides is 1. The summed E-state index contributed by atoms with van der Waals surface area (Å²) in [5, 5.41) is 0. The van der Waals surface area contributed by atoms with Crippen molar-refractivity contribution >= 4 is 62.0 Å². The number of carbonyl (C=O) groups is 3. The monoisotopic (exact) mass is 600 g/mol. The minimum atomic E-state index is -3.92. The van der Waals surface area contributed by atoms with Gasteiger partial charge in [-0.2, -0.15) is 4.72 Å². The number of nitrogens with zero attached hydrogens (tertiary/aromatic N) is 3. The first-order valence-corrected chi connectivity index (χ1v) is 16.2. The van der Waals surface area contributed by atoms with Gasteiger partial charge in [-0.1, -0.05) is 11.6 Å². The molecule has 13 heteroatoms. The molecule has 2 aliphatic rings. The highest BCUT2D eigenvalue weighted by molar-refractivity contribution is 7.91. The third-order valence-corrected chi connectivity index (χ3v) is 11.4. The minimum Gasteiger partial charge on any atom is -0.338 e. The normalized spacial score (nSPS) is 20.4. The van der Waals surface area contributed by atoms with Gasteiger partial charge in [-0.15, -0.1) is 22.7 Å². The Morgan fingerprint density at radius 3 is 2.45 bits per heavy atom. The lowest BCUT2D eigenvalue weighted by atomic mass is 10.1. The molecular formula is C25H33ClN4O5S3. The van der Waals surface area contributed by atoms with Gasteiger partial charge < -0.3 is 14.7 Å². The molecule has 0 bridgehead atoms. The fourth-order valence-electron chi connectivity index (χ4n) is 5.03. The quantitative estimate of drug-likeness (QED) is 0.473. The van der Waals surface area contributed by atoms with Crippen molar-refractivity contribution in [3.8, 4) is 9.75 Å². The van der Waals surface area contributed by atoms with Crippen LogP contribution in [0.2, 0.25) is 4.34 Å². The number of rotatable bonds is 9. The molecule has 4 heterocycles. The molecule has 208 valence electrons. The van der Waals surface area contributed by atoms with Gasteiger partial charge >= 0.3 is 0 Å². The van der Waals surface area contributed by atoms with Crippen LogP contribution in [0.3, 0.4) is 0 Å². The summed E-state index contributed by atoms with van der Waals surface area (Å²) in [6, 6.07) is 5.88. The Kier molecular flexibility index (Phi) is 9.18. The molecule has 2 atom stereocenters.